The Balaban J connectivity index is 0.000000360. The van der Waals surface area contributed by atoms with Crippen LogP contribution in [0.1, 0.15) is 0 Å². The van der Waals surface area contributed by atoms with E-state index in [0.717, 1.165) is 0 Å². The van der Waals surface area contributed by atoms with Gasteiger partial charge in [-0.3, -0.25) is 4.98 Å². The molecule has 1 aromatic rings. The molecule has 0 aliphatic heterocycles. The molecule has 7 heavy (non-hydrogen) atoms. The van der Waals surface area contributed by atoms with Crippen molar-refractivity contribution in [3.8, 4) is 0 Å². The summed E-state index contributed by atoms with van der Waals surface area (Å²) in [6, 6.07) is 5.72. The smallest absolute Gasteiger partial charge is 0.0267 e. The van der Waals surface area contributed by atoms with Gasteiger partial charge in [-0.1, -0.05) is 6.07 Å². The third-order valence-electron chi connectivity index (χ3n) is 0.566. The van der Waals surface area contributed by atoms with Crippen LogP contribution in [-0.4, -0.2) is 15.1 Å². The van der Waals surface area contributed by atoms with Crippen molar-refractivity contribution in [2.24, 2.45) is 0 Å². The molecule has 0 unspecified atom stereocenters. The van der Waals surface area contributed by atoms with Gasteiger partial charge >= 0.3 is 0 Å². The van der Waals surface area contributed by atoms with E-state index < -0.39 is 0 Å². The number of pyridine rings is 1. The molecule has 0 N–H and O–H groups in total. The van der Waals surface area contributed by atoms with Gasteiger partial charge in [-0.25, -0.2) is 0 Å². The molecule has 0 bridgehead atoms. The van der Waals surface area contributed by atoms with E-state index in [4.69, 9.17) is 0 Å². The summed E-state index contributed by atoms with van der Waals surface area (Å²) in [5, 5.41) is 0. The third kappa shape index (κ3) is 2.07. The van der Waals surface area contributed by atoms with Crippen LogP contribution in [0.2, 0.25) is 0 Å². The zero-order valence-electron chi connectivity index (χ0n) is 4.04. The molecule has 0 saturated heterocycles. The summed E-state index contributed by atoms with van der Waals surface area (Å²) in [7, 11) is 0. The van der Waals surface area contributed by atoms with Gasteiger partial charge in [-0.05, 0) is 12.1 Å². The summed E-state index contributed by atoms with van der Waals surface area (Å²) in [5.41, 5.74) is 0. The first kappa shape index (κ1) is 6.32. The van der Waals surface area contributed by atoms with Crippen LogP contribution < -0.4 is 0 Å². The van der Waals surface area contributed by atoms with Crippen LogP contribution in [-0.2, 0) is 0 Å². The minimum atomic E-state index is 0. The zero-order chi connectivity index (χ0) is 4.24. The molecule has 1 nitrogen and oxygen atoms in total. The van der Waals surface area contributed by atoms with E-state index >= 15 is 0 Å². The summed E-state index contributed by atoms with van der Waals surface area (Å²) in [5.74, 6) is 0. The van der Waals surface area contributed by atoms with Crippen molar-refractivity contribution in [3.05, 3.63) is 30.6 Å². The van der Waals surface area contributed by atoms with E-state index in [9.17, 15) is 0 Å². The van der Waals surface area contributed by atoms with Crippen molar-refractivity contribution in [2.75, 3.05) is 0 Å². The Bertz CT molecular complexity index is 80.0. The minimum Gasteiger partial charge on any atom is -0.265 e. The fourth-order valence-corrected chi connectivity index (χ4v) is 0.313. The van der Waals surface area contributed by atoms with Crippen molar-refractivity contribution in [3.63, 3.8) is 0 Å². The van der Waals surface area contributed by atoms with Gasteiger partial charge in [-0.15, -0.1) is 0 Å². The molecule has 32 valence electrons. The standard InChI is InChI=1S/C5H5N.Be/c1-2-4-6-5-3-1;/h1-5H;. The fourth-order valence-electron chi connectivity index (χ4n) is 0.313. The predicted molar refractivity (Wildman–Crippen MR) is 30.0 cm³/mol. The normalized spacial score (nSPS) is 6.86. The van der Waals surface area contributed by atoms with Crippen molar-refractivity contribution >= 4 is 10.1 Å². The molecule has 0 aliphatic rings. The predicted octanol–water partition coefficient (Wildman–Crippen LogP) is 0.701. The second kappa shape index (κ2) is 3.51. The van der Waals surface area contributed by atoms with E-state index in [1.165, 1.54) is 0 Å². The molecule has 1 heterocycles. The van der Waals surface area contributed by atoms with E-state index in [-0.39, 0.29) is 10.1 Å². The Hall–Kier alpha value is -0.681. The Morgan fingerprint density at radius 3 is 1.57 bits per heavy atom. The first-order chi connectivity index (χ1) is 3.00. The van der Waals surface area contributed by atoms with Crippen LogP contribution in [0, 0.1) is 0 Å². The molecular weight excluding hydrogens is 83.1 g/mol. The number of hydrogen-bond acceptors (Lipinski definition) is 1. The van der Waals surface area contributed by atoms with Crippen LogP contribution >= 0.6 is 0 Å². The van der Waals surface area contributed by atoms with E-state index in [1.807, 2.05) is 18.2 Å². The molecular formula is C5H5BeN. The van der Waals surface area contributed by atoms with Gasteiger partial charge in [0.1, 0.15) is 0 Å². The molecule has 2 heteroatoms. The van der Waals surface area contributed by atoms with Crippen LogP contribution in [0.15, 0.2) is 30.6 Å². The Kier molecular flexibility index (Phi) is 3.17. The molecule has 1 aromatic heterocycles. The average molecular weight is 88.1 g/mol. The van der Waals surface area contributed by atoms with Gasteiger partial charge in [0, 0.05) is 22.5 Å². The fraction of sp³-hybridized carbons (Fsp3) is 0. The first-order valence-electron chi connectivity index (χ1n) is 1.85. The van der Waals surface area contributed by atoms with Crippen molar-refractivity contribution in [1.29, 1.82) is 0 Å². The van der Waals surface area contributed by atoms with E-state index in [1.54, 1.807) is 12.4 Å². The Morgan fingerprint density at radius 1 is 0.857 bits per heavy atom. The maximum absolute atomic E-state index is 3.78. The molecule has 2 radical (unpaired) electrons. The molecule has 0 spiro atoms. The van der Waals surface area contributed by atoms with Crippen molar-refractivity contribution in [1.82, 2.24) is 4.98 Å². The van der Waals surface area contributed by atoms with Crippen molar-refractivity contribution < 1.29 is 0 Å². The quantitative estimate of drug-likeness (QED) is 0.425. The van der Waals surface area contributed by atoms with E-state index in [0.29, 0.717) is 0 Å². The first-order valence-corrected chi connectivity index (χ1v) is 1.85. The van der Waals surface area contributed by atoms with Gasteiger partial charge < -0.3 is 0 Å². The second-order valence-corrected chi connectivity index (χ2v) is 1.02. The summed E-state index contributed by atoms with van der Waals surface area (Å²) in [4.78, 5) is 3.78. The molecule has 0 aromatic carbocycles. The van der Waals surface area contributed by atoms with Crippen LogP contribution in [0.25, 0.3) is 0 Å². The minimum absolute atomic E-state index is 0. The zero-order valence-corrected chi connectivity index (χ0v) is 4.04. The van der Waals surface area contributed by atoms with Crippen LogP contribution in [0.3, 0.4) is 0 Å². The van der Waals surface area contributed by atoms with Crippen molar-refractivity contribution in [2.45, 2.75) is 0 Å². The second-order valence-electron chi connectivity index (χ2n) is 1.02. The van der Waals surface area contributed by atoms with Gasteiger partial charge in [0.25, 0.3) is 0 Å². The molecule has 0 amide bonds. The topological polar surface area (TPSA) is 12.9 Å². The number of nitrogens with zero attached hydrogens (tertiary/aromatic N) is 1. The summed E-state index contributed by atoms with van der Waals surface area (Å²) >= 11 is 0. The van der Waals surface area contributed by atoms with Crippen LogP contribution in [0.5, 0.6) is 0 Å². The molecule has 1 rings (SSSR count). The van der Waals surface area contributed by atoms with Crippen LogP contribution in [0.4, 0.5) is 0 Å². The summed E-state index contributed by atoms with van der Waals surface area (Å²) in [6.07, 6.45) is 3.50. The average Bonchev–Trinajstić information content (AvgIpc) is 1.72. The summed E-state index contributed by atoms with van der Waals surface area (Å²) in [6.45, 7) is 0. The maximum atomic E-state index is 3.78. The molecule has 0 fully saturated rings. The Morgan fingerprint density at radius 2 is 1.43 bits per heavy atom. The van der Waals surface area contributed by atoms with Gasteiger partial charge in [0.15, 0.2) is 0 Å². The third-order valence-corrected chi connectivity index (χ3v) is 0.566. The summed E-state index contributed by atoms with van der Waals surface area (Å²) < 4.78 is 0. The molecule has 0 aliphatic carbocycles. The van der Waals surface area contributed by atoms with Gasteiger partial charge in [0.05, 0.1) is 0 Å². The SMILES string of the molecule is [Be].c1ccncc1. The largest absolute Gasteiger partial charge is 0.265 e. The van der Waals surface area contributed by atoms with Gasteiger partial charge in [0.2, 0.25) is 0 Å². The molecule has 0 saturated carbocycles. The van der Waals surface area contributed by atoms with Gasteiger partial charge in [-0.2, -0.15) is 0 Å². The monoisotopic (exact) mass is 88.1 g/mol. The maximum Gasteiger partial charge on any atom is 0.0267 e. The molecule has 0 atom stereocenters. The number of rotatable bonds is 0. The van der Waals surface area contributed by atoms with E-state index in [2.05, 4.69) is 4.98 Å². The Labute approximate surface area is 46.6 Å². The number of hydrogen-bond donors (Lipinski definition) is 0. The number of aromatic nitrogens is 1.